The Balaban J connectivity index is 2.35. The van der Waals surface area contributed by atoms with Gasteiger partial charge >= 0.3 is 0 Å². The van der Waals surface area contributed by atoms with Crippen LogP contribution in [0.5, 0.6) is 0 Å². The molecule has 1 atom stereocenters. The molecule has 0 aromatic carbocycles. The molecule has 0 spiro atoms. The molecule has 1 aliphatic rings. The van der Waals surface area contributed by atoms with Crippen molar-refractivity contribution >= 4 is 33.0 Å². The topological polar surface area (TPSA) is 40.9 Å². The third-order valence-electron chi connectivity index (χ3n) is 3.82. The summed E-state index contributed by atoms with van der Waals surface area (Å²) in [7, 11) is 0. The monoisotopic (exact) mass is 325 g/mol. The summed E-state index contributed by atoms with van der Waals surface area (Å²) in [6.07, 6.45) is 3.08. The van der Waals surface area contributed by atoms with E-state index in [9.17, 15) is 10.1 Å². The Morgan fingerprint density at radius 1 is 1.50 bits per heavy atom. The minimum atomic E-state index is -0.824. The van der Waals surface area contributed by atoms with Crippen molar-refractivity contribution in [1.29, 1.82) is 5.26 Å². The molecule has 0 aliphatic heterocycles. The molecule has 96 valence electrons. The van der Waals surface area contributed by atoms with Gasteiger partial charge < -0.3 is 0 Å². The van der Waals surface area contributed by atoms with Crippen LogP contribution in [0.3, 0.4) is 0 Å². The number of Topliss-reactive ketones (excluding diaryl/α,β-unsaturated/α-hetero) is 1. The predicted molar refractivity (Wildman–Crippen MR) is 76.4 cm³/mol. The summed E-state index contributed by atoms with van der Waals surface area (Å²) in [5, 5.41) is 11.5. The fourth-order valence-corrected chi connectivity index (χ4v) is 4.35. The van der Waals surface area contributed by atoms with Crippen molar-refractivity contribution < 1.29 is 4.79 Å². The van der Waals surface area contributed by atoms with Crippen LogP contribution >= 0.6 is 27.3 Å². The molecule has 1 unspecified atom stereocenters. The molecule has 18 heavy (non-hydrogen) atoms. The van der Waals surface area contributed by atoms with Crippen LogP contribution < -0.4 is 0 Å². The number of nitrogens with zero attached hydrogens (tertiary/aromatic N) is 1. The average Bonchev–Trinajstić information content (AvgIpc) is 2.71. The second-order valence-corrected chi connectivity index (χ2v) is 7.48. The van der Waals surface area contributed by atoms with Gasteiger partial charge in [-0.25, -0.2) is 0 Å². The molecule has 1 saturated carbocycles. The smallest absolute Gasteiger partial charge is 0.159 e. The Morgan fingerprint density at radius 2 is 2.22 bits per heavy atom. The Kier molecular flexibility index (Phi) is 3.66. The molecule has 0 N–H and O–H groups in total. The second kappa shape index (κ2) is 4.79. The number of ketones is 1. The summed E-state index contributed by atoms with van der Waals surface area (Å²) >= 11 is 5.09. The highest BCUT2D eigenvalue weighted by molar-refractivity contribution is 9.10. The van der Waals surface area contributed by atoms with Crippen LogP contribution in [0, 0.1) is 22.2 Å². The van der Waals surface area contributed by atoms with Crippen LogP contribution in [0.1, 0.15) is 38.0 Å². The number of nitriles is 1. The first-order chi connectivity index (χ1) is 8.41. The van der Waals surface area contributed by atoms with Crippen molar-refractivity contribution in [3.63, 3.8) is 0 Å². The van der Waals surface area contributed by atoms with Gasteiger partial charge in [-0.15, -0.1) is 11.3 Å². The standard InChI is InChI=1S/C14H16BrNOS/c1-13(2)5-3-6-14(9-16,12(13)17)8-11-10(15)4-7-18-11/h4,7H,3,5-6,8H2,1-2H3. The molecule has 0 bridgehead atoms. The molecular formula is C14H16BrNOS. The van der Waals surface area contributed by atoms with E-state index in [-0.39, 0.29) is 11.2 Å². The van der Waals surface area contributed by atoms with E-state index in [1.807, 2.05) is 25.3 Å². The SMILES string of the molecule is CC1(C)CCCC(C#N)(Cc2sccc2Br)C1=O. The zero-order chi connectivity index (χ0) is 13.4. The molecule has 1 fully saturated rings. The van der Waals surface area contributed by atoms with Gasteiger partial charge in [0.2, 0.25) is 0 Å². The zero-order valence-corrected chi connectivity index (χ0v) is 13.0. The Hall–Kier alpha value is -0.660. The van der Waals surface area contributed by atoms with Gasteiger partial charge in [0.1, 0.15) is 5.41 Å². The van der Waals surface area contributed by atoms with Gasteiger partial charge in [-0.1, -0.05) is 20.3 Å². The van der Waals surface area contributed by atoms with Gasteiger partial charge in [0.05, 0.1) is 6.07 Å². The number of hydrogen-bond acceptors (Lipinski definition) is 3. The maximum atomic E-state index is 12.6. The number of halogens is 1. The summed E-state index contributed by atoms with van der Waals surface area (Å²) in [6.45, 7) is 3.92. The fourth-order valence-electron chi connectivity index (χ4n) is 2.75. The van der Waals surface area contributed by atoms with Crippen LogP contribution in [0.25, 0.3) is 0 Å². The third kappa shape index (κ3) is 2.26. The summed E-state index contributed by atoms with van der Waals surface area (Å²) in [5.41, 5.74) is -1.19. The molecular weight excluding hydrogens is 310 g/mol. The van der Waals surface area contributed by atoms with E-state index in [0.29, 0.717) is 12.8 Å². The first-order valence-corrected chi connectivity index (χ1v) is 7.77. The van der Waals surface area contributed by atoms with Gasteiger partial charge in [0.25, 0.3) is 0 Å². The lowest BCUT2D eigenvalue weighted by atomic mass is 9.61. The second-order valence-electron chi connectivity index (χ2n) is 5.63. The fraction of sp³-hybridized carbons (Fsp3) is 0.571. The lowest BCUT2D eigenvalue weighted by Gasteiger charge is -2.38. The van der Waals surface area contributed by atoms with Gasteiger partial charge in [0.15, 0.2) is 5.78 Å². The highest BCUT2D eigenvalue weighted by atomic mass is 79.9. The molecule has 2 rings (SSSR count). The van der Waals surface area contributed by atoms with Gasteiger partial charge in [-0.05, 0) is 40.2 Å². The molecule has 2 nitrogen and oxygen atoms in total. The molecule has 0 radical (unpaired) electrons. The number of hydrogen-bond donors (Lipinski definition) is 0. The lowest BCUT2D eigenvalue weighted by molar-refractivity contribution is -0.138. The minimum Gasteiger partial charge on any atom is -0.297 e. The van der Waals surface area contributed by atoms with Crippen LogP contribution in [-0.4, -0.2) is 5.78 Å². The Labute approximate surface area is 120 Å². The van der Waals surface area contributed by atoms with Crippen molar-refractivity contribution in [3.05, 3.63) is 20.8 Å². The molecule has 1 aromatic heterocycles. The minimum absolute atomic E-state index is 0.115. The first kappa shape index (κ1) is 13.8. The van der Waals surface area contributed by atoms with Crippen LogP contribution in [0.4, 0.5) is 0 Å². The van der Waals surface area contributed by atoms with E-state index >= 15 is 0 Å². The zero-order valence-electron chi connectivity index (χ0n) is 10.6. The maximum absolute atomic E-state index is 12.6. The molecule has 0 amide bonds. The van der Waals surface area contributed by atoms with Crippen molar-refractivity contribution in [3.8, 4) is 6.07 Å². The Bertz CT molecular complexity index is 514. The molecule has 1 heterocycles. The van der Waals surface area contributed by atoms with Crippen molar-refractivity contribution in [1.82, 2.24) is 0 Å². The summed E-state index contributed by atoms with van der Waals surface area (Å²) < 4.78 is 1.01. The first-order valence-electron chi connectivity index (χ1n) is 6.09. The largest absolute Gasteiger partial charge is 0.297 e. The van der Waals surface area contributed by atoms with E-state index in [4.69, 9.17) is 0 Å². The highest BCUT2D eigenvalue weighted by Gasteiger charge is 2.49. The van der Waals surface area contributed by atoms with E-state index < -0.39 is 5.41 Å². The average molecular weight is 326 g/mol. The van der Waals surface area contributed by atoms with E-state index in [0.717, 1.165) is 22.2 Å². The normalized spacial score (nSPS) is 26.9. The van der Waals surface area contributed by atoms with E-state index in [1.165, 1.54) is 0 Å². The van der Waals surface area contributed by atoms with Crippen molar-refractivity contribution in [2.45, 2.75) is 39.5 Å². The molecule has 1 aromatic rings. The molecule has 0 saturated heterocycles. The number of carbonyl (C=O) groups is 1. The maximum Gasteiger partial charge on any atom is 0.159 e. The van der Waals surface area contributed by atoms with Gasteiger partial charge in [-0.3, -0.25) is 4.79 Å². The third-order valence-corrected chi connectivity index (χ3v) is 5.75. The molecule has 4 heteroatoms. The van der Waals surface area contributed by atoms with E-state index in [1.54, 1.807) is 11.3 Å². The van der Waals surface area contributed by atoms with Gasteiger partial charge in [0, 0.05) is 21.2 Å². The van der Waals surface area contributed by atoms with Crippen LogP contribution in [0.2, 0.25) is 0 Å². The summed E-state index contributed by atoms with van der Waals surface area (Å²) in [4.78, 5) is 13.7. The predicted octanol–water partition coefficient (Wildman–Crippen LogP) is 4.34. The Morgan fingerprint density at radius 3 is 2.78 bits per heavy atom. The van der Waals surface area contributed by atoms with E-state index in [2.05, 4.69) is 22.0 Å². The van der Waals surface area contributed by atoms with Crippen molar-refractivity contribution in [2.24, 2.45) is 10.8 Å². The summed E-state index contributed by atoms with van der Waals surface area (Å²) in [6, 6.07) is 4.30. The number of thiophene rings is 1. The van der Waals surface area contributed by atoms with Gasteiger partial charge in [-0.2, -0.15) is 5.26 Å². The summed E-state index contributed by atoms with van der Waals surface area (Å²) in [5.74, 6) is 0.115. The van der Waals surface area contributed by atoms with Crippen molar-refractivity contribution in [2.75, 3.05) is 0 Å². The van der Waals surface area contributed by atoms with Crippen LogP contribution in [-0.2, 0) is 11.2 Å². The number of rotatable bonds is 2. The molecule has 1 aliphatic carbocycles. The van der Waals surface area contributed by atoms with Crippen LogP contribution in [0.15, 0.2) is 15.9 Å². The lowest BCUT2D eigenvalue weighted by Crippen LogP contribution is -2.45. The quantitative estimate of drug-likeness (QED) is 0.811. The number of carbonyl (C=O) groups excluding carboxylic acids is 1. The highest BCUT2D eigenvalue weighted by Crippen LogP contribution is 2.45.